The molecule has 106 valence electrons. The Bertz CT molecular complexity index is 579. The topological polar surface area (TPSA) is 42.0 Å². The Balaban J connectivity index is 2.06. The molecule has 2 aromatic rings. The van der Waals surface area contributed by atoms with Gasteiger partial charge in [-0.05, 0) is 12.2 Å². The van der Waals surface area contributed by atoms with Crippen LogP contribution in [0.2, 0.25) is 0 Å². The molecule has 0 saturated heterocycles. The van der Waals surface area contributed by atoms with E-state index in [9.17, 15) is 4.79 Å². The van der Waals surface area contributed by atoms with E-state index in [-0.39, 0.29) is 5.91 Å². The maximum atomic E-state index is 11.8. The summed E-state index contributed by atoms with van der Waals surface area (Å²) in [6, 6.07) is 10.0. The molecule has 0 aliphatic carbocycles. The van der Waals surface area contributed by atoms with Crippen molar-refractivity contribution in [3.05, 3.63) is 35.2 Å². The molecule has 0 aliphatic heterocycles. The molecule has 2 rings (SSSR count). The molecule has 1 aromatic heterocycles. The summed E-state index contributed by atoms with van der Waals surface area (Å²) in [4.78, 5) is 17.4. The average Bonchev–Trinajstić information content (AvgIpc) is 2.78. The van der Waals surface area contributed by atoms with Crippen LogP contribution in [-0.4, -0.2) is 21.9 Å². The van der Waals surface area contributed by atoms with E-state index >= 15 is 0 Å². The van der Waals surface area contributed by atoms with Gasteiger partial charge in [0, 0.05) is 10.4 Å². The Morgan fingerprint density at radius 1 is 1.35 bits per heavy atom. The van der Waals surface area contributed by atoms with Crippen molar-refractivity contribution in [1.29, 1.82) is 0 Å². The number of thiazole rings is 1. The number of carbonyl (C=O) groups excluding carboxylic acids is 1. The summed E-state index contributed by atoms with van der Waals surface area (Å²) in [5, 5.41) is 4.01. The Morgan fingerprint density at radius 3 is 2.70 bits per heavy atom. The number of hydrogen-bond acceptors (Lipinski definition) is 4. The number of anilines is 1. The van der Waals surface area contributed by atoms with E-state index in [0.29, 0.717) is 16.1 Å². The largest absolute Gasteiger partial charge is 0.301 e. The monoisotopic (exact) mass is 306 g/mol. The molecule has 0 saturated carbocycles. The third kappa shape index (κ3) is 4.08. The van der Waals surface area contributed by atoms with Crippen molar-refractivity contribution in [3.8, 4) is 11.3 Å². The second-order valence-corrected chi connectivity index (χ2v) is 7.47. The normalized spacial score (nSPS) is 10.8. The van der Waals surface area contributed by atoms with E-state index < -0.39 is 0 Å². The van der Waals surface area contributed by atoms with Crippen LogP contribution in [0, 0.1) is 6.92 Å². The molecule has 0 spiro atoms. The van der Waals surface area contributed by atoms with Gasteiger partial charge in [-0.1, -0.05) is 44.2 Å². The Morgan fingerprint density at radius 2 is 2.05 bits per heavy atom. The summed E-state index contributed by atoms with van der Waals surface area (Å²) in [5.74, 6) is 0.480. The lowest BCUT2D eigenvalue weighted by atomic mass is 10.1. The average molecular weight is 306 g/mol. The number of amides is 1. The highest BCUT2D eigenvalue weighted by Crippen LogP contribution is 2.30. The summed E-state index contributed by atoms with van der Waals surface area (Å²) >= 11 is 3.15. The standard InChI is InChI=1S/C15H18N2OS2/c1-10(2)19-9-13(18)16-15-17-14(11(3)20-15)12-7-5-4-6-8-12/h4-8,10H,9H2,1-3H3,(H,16,17,18). The van der Waals surface area contributed by atoms with Crippen molar-refractivity contribution >= 4 is 34.1 Å². The van der Waals surface area contributed by atoms with Gasteiger partial charge in [-0.15, -0.1) is 23.1 Å². The lowest BCUT2D eigenvalue weighted by molar-refractivity contribution is -0.113. The minimum Gasteiger partial charge on any atom is -0.301 e. The first-order valence-electron chi connectivity index (χ1n) is 6.50. The van der Waals surface area contributed by atoms with Gasteiger partial charge in [0.25, 0.3) is 0 Å². The number of nitrogens with one attached hydrogen (secondary N) is 1. The van der Waals surface area contributed by atoms with E-state index in [1.807, 2.05) is 37.3 Å². The summed E-state index contributed by atoms with van der Waals surface area (Å²) < 4.78 is 0. The number of hydrogen-bond donors (Lipinski definition) is 1. The van der Waals surface area contributed by atoms with Gasteiger partial charge in [0.15, 0.2) is 5.13 Å². The molecule has 5 heteroatoms. The highest BCUT2D eigenvalue weighted by Gasteiger charge is 2.12. The van der Waals surface area contributed by atoms with Crippen LogP contribution in [0.25, 0.3) is 11.3 Å². The first-order chi connectivity index (χ1) is 9.56. The first kappa shape index (κ1) is 15.1. The van der Waals surface area contributed by atoms with Gasteiger partial charge >= 0.3 is 0 Å². The van der Waals surface area contributed by atoms with Gasteiger partial charge in [0.05, 0.1) is 11.4 Å². The molecule has 1 heterocycles. The van der Waals surface area contributed by atoms with Crippen molar-refractivity contribution < 1.29 is 4.79 Å². The van der Waals surface area contributed by atoms with E-state index in [2.05, 4.69) is 24.1 Å². The summed E-state index contributed by atoms with van der Waals surface area (Å²) in [6.07, 6.45) is 0. The number of aromatic nitrogens is 1. The third-order valence-corrected chi connectivity index (χ3v) is 4.62. The van der Waals surface area contributed by atoms with Crippen molar-refractivity contribution in [2.75, 3.05) is 11.1 Å². The van der Waals surface area contributed by atoms with Gasteiger partial charge in [0.2, 0.25) is 5.91 Å². The van der Waals surface area contributed by atoms with Crippen molar-refractivity contribution in [3.63, 3.8) is 0 Å². The van der Waals surface area contributed by atoms with Crippen LogP contribution in [-0.2, 0) is 4.79 Å². The van der Waals surface area contributed by atoms with E-state index in [1.165, 1.54) is 11.3 Å². The van der Waals surface area contributed by atoms with Crippen molar-refractivity contribution in [1.82, 2.24) is 4.98 Å². The van der Waals surface area contributed by atoms with Gasteiger partial charge in [-0.2, -0.15) is 0 Å². The van der Waals surface area contributed by atoms with Crippen molar-refractivity contribution in [2.24, 2.45) is 0 Å². The van der Waals surface area contributed by atoms with E-state index in [0.717, 1.165) is 16.1 Å². The second-order valence-electron chi connectivity index (χ2n) is 4.70. The molecule has 0 unspecified atom stereocenters. The molecule has 1 amide bonds. The molecule has 0 radical (unpaired) electrons. The maximum Gasteiger partial charge on any atom is 0.236 e. The van der Waals surface area contributed by atoms with Crippen LogP contribution in [0.4, 0.5) is 5.13 Å². The number of nitrogens with zero attached hydrogens (tertiary/aromatic N) is 1. The first-order valence-corrected chi connectivity index (χ1v) is 8.37. The molecule has 3 nitrogen and oxygen atoms in total. The predicted octanol–water partition coefficient (Wildman–Crippen LogP) is 4.20. The van der Waals surface area contributed by atoms with Crippen LogP contribution >= 0.6 is 23.1 Å². The number of carbonyl (C=O) groups is 1. The fraction of sp³-hybridized carbons (Fsp3) is 0.333. The lowest BCUT2D eigenvalue weighted by Gasteiger charge is -2.03. The molecule has 20 heavy (non-hydrogen) atoms. The Hall–Kier alpha value is -1.33. The van der Waals surface area contributed by atoms with Crippen LogP contribution in [0.5, 0.6) is 0 Å². The summed E-state index contributed by atoms with van der Waals surface area (Å²) in [7, 11) is 0. The van der Waals surface area contributed by atoms with Gasteiger partial charge < -0.3 is 5.32 Å². The van der Waals surface area contributed by atoms with Crippen LogP contribution in [0.1, 0.15) is 18.7 Å². The predicted molar refractivity (Wildman–Crippen MR) is 88.5 cm³/mol. The zero-order valence-corrected chi connectivity index (χ0v) is 13.5. The van der Waals surface area contributed by atoms with E-state index in [4.69, 9.17) is 0 Å². The number of rotatable bonds is 5. The highest BCUT2D eigenvalue weighted by molar-refractivity contribution is 8.00. The SMILES string of the molecule is Cc1sc(NC(=O)CSC(C)C)nc1-c1ccccc1. The molecular weight excluding hydrogens is 288 g/mol. The molecule has 1 N–H and O–H groups in total. The molecule has 1 aromatic carbocycles. The van der Waals surface area contributed by atoms with Gasteiger partial charge in [-0.3, -0.25) is 4.79 Å². The molecule has 0 aliphatic rings. The fourth-order valence-corrected chi connectivity index (χ4v) is 3.12. The molecule has 0 fully saturated rings. The van der Waals surface area contributed by atoms with Crippen LogP contribution in [0.15, 0.2) is 30.3 Å². The highest BCUT2D eigenvalue weighted by atomic mass is 32.2. The molecular formula is C15H18N2OS2. The Labute approximate surface area is 127 Å². The molecule has 0 atom stereocenters. The lowest BCUT2D eigenvalue weighted by Crippen LogP contribution is -2.15. The minimum atomic E-state index is 0.0112. The number of thioether (sulfide) groups is 1. The van der Waals surface area contributed by atoms with Gasteiger partial charge in [-0.25, -0.2) is 4.98 Å². The summed E-state index contributed by atoms with van der Waals surface area (Å²) in [6.45, 7) is 6.19. The zero-order valence-electron chi connectivity index (χ0n) is 11.8. The quantitative estimate of drug-likeness (QED) is 0.900. The maximum absolute atomic E-state index is 11.8. The third-order valence-electron chi connectivity index (χ3n) is 2.64. The minimum absolute atomic E-state index is 0.0112. The zero-order chi connectivity index (χ0) is 14.5. The van der Waals surface area contributed by atoms with Crippen LogP contribution < -0.4 is 5.32 Å². The number of benzene rings is 1. The van der Waals surface area contributed by atoms with Gasteiger partial charge in [0.1, 0.15) is 0 Å². The summed E-state index contributed by atoms with van der Waals surface area (Å²) in [5.41, 5.74) is 2.03. The van der Waals surface area contributed by atoms with Crippen LogP contribution in [0.3, 0.4) is 0 Å². The van der Waals surface area contributed by atoms with E-state index in [1.54, 1.807) is 11.8 Å². The fourth-order valence-electron chi connectivity index (χ4n) is 1.71. The smallest absolute Gasteiger partial charge is 0.236 e. The second kappa shape index (κ2) is 6.90. The molecule has 0 bridgehead atoms. The number of aryl methyl sites for hydroxylation is 1. The Kier molecular flexibility index (Phi) is 5.20. The van der Waals surface area contributed by atoms with Crippen molar-refractivity contribution in [2.45, 2.75) is 26.0 Å².